The summed E-state index contributed by atoms with van der Waals surface area (Å²) in [6.07, 6.45) is 3.17. The monoisotopic (exact) mass is 310 g/mol. The summed E-state index contributed by atoms with van der Waals surface area (Å²) in [5.74, 6) is -0.734. The molecule has 23 heavy (non-hydrogen) atoms. The quantitative estimate of drug-likeness (QED) is 0.685. The Kier molecular flexibility index (Phi) is 3.22. The van der Waals surface area contributed by atoms with Crippen molar-refractivity contribution < 1.29 is 14.3 Å². The van der Waals surface area contributed by atoms with Crippen molar-refractivity contribution in [2.24, 2.45) is 0 Å². The highest BCUT2D eigenvalue weighted by Gasteiger charge is 2.38. The number of hydrogen-bond acceptors (Lipinski definition) is 3. The number of esters is 1. The van der Waals surface area contributed by atoms with Gasteiger partial charge in [0, 0.05) is 23.1 Å². The van der Waals surface area contributed by atoms with E-state index in [1.165, 1.54) is 10.9 Å². The lowest BCUT2D eigenvalue weighted by molar-refractivity contribution is -0.143. The predicted molar refractivity (Wildman–Crippen MR) is 85.8 cm³/mol. The van der Waals surface area contributed by atoms with Crippen LogP contribution in [0.4, 0.5) is 0 Å². The molecule has 0 saturated carbocycles. The van der Waals surface area contributed by atoms with Gasteiger partial charge in [-0.15, -0.1) is 0 Å². The fourth-order valence-electron chi connectivity index (χ4n) is 3.66. The van der Waals surface area contributed by atoms with Gasteiger partial charge in [-0.1, -0.05) is 24.3 Å². The number of H-pyrrole nitrogens is 1. The van der Waals surface area contributed by atoms with Crippen LogP contribution < -0.4 is 0 Å². The lowest BCUT2D eigenvalue weighted by Gasteiger charge is -2.38. The summed E-state index contributed by atoms with van der Waals surface area (Å²) >= 11 is 0. The van der Waals surface area contributed by atoms with Crippen molar-refractivity contribution in [1.29, 1.82) is 0 Å². The predicted octanol–water partition coefficient (Wildman–Crippen LogP) is 2.49. The van der Waals surface area contributed by atoms with Crippen LogP contribution in [0.25, 0.3) is 10.9 Å². The minimum absolute atomic E-state index is 0.0168. The average molecular weight is 310 g/mol. The second-order valence-corrected chi connectivity index (χ2v) is 5.90. The number of nitrogens with zero attached hydrogens (tertiary/aromatic N) is 1. The van der Waals surface area contributed by atoms with E-state index in [2.05, 4.69) is 17.1 Å². The molecule has 1 aromatic heterocycles. The molecule has 1 unspecified atom stereocenters. The van der Waals surface area contributed by atoms with Crippen molar-refractivity contribution in [3.05, 3.63) is 47.2 Å². The van der Waals surface area contributed by atoms with Gasteiger partial charge in [0.05, 0.1) is 12.6 Å². The Morgan fingerprint density at radius 3 is 3.04 bits per heavy atom. The first kappa shape index (κ1) is 14.1. The highest BCUT2D eigenvalue weighted by Crippen LogP contribution is 2.39. The molecule has 0 spiro atoms. The third-order valence-corrected chi connectivity index (χ3v) is 4.69. The van der Waals surface area contributed by atoms with Crippen LogP contribution >= 0.6 is 0 Å². The lowest BCUT2D eigenvalue weighted by atomic mass is 9.91. The summed E-state index contributed by atoms with van der Waals surface area (Å²) in [4.78, 5) is 29.8. The Hall–Kier alpha value is -2.56. The Morgan fingerprint density at radius 1 is 1.39 bits per heavy atom. The zero-order valence-corrected chi connectivity index (χ0v) is 13.0. The Morgan fingerprint density at radius 2 is 2.22 bits per heavy atom. The average Bonchev–Trinajstić information content (AvgIpc) is 2.94. The van der Waals surface area contributed by atoms with E-state index in [0.717, 1.165) is 17.6 Å². The van der Waals surface area contributed by atoms with Gasteiger partial charge >= 0.3 is 5.97 Å². The van der Waals surface area contributed by atoms with Crippen LogP contribution in [0.3, 0.4) is 0 Å². The number of carbonyl (C=O) groups excluding carboxylic acids is 2. The molecule has 3 heterocycles. The number of fused-ring (bicyclic) bond motifs is 5. The van der Waals surface area contributed by atoms with Gasteiger partial charge in [0.25, 0.3) is 5.91 Å². The molecular formula is C18H18N2O3. The minimum Gasteiger partial charge on any atom is -0.462 e. The largest absolute Gasteiger partial charge is 0.462 e. The topological polar surface area (TPSA) is 62.4 Å². The van der Waals surface area contributed by atoms with Crippen LogP contribution in [0.1, 0.15) is 30.6 Å². The third-order valence-electron chi connectivity index (χ3n) is 4.69. The van der Waals surface area contributed by atoms with E-state index in [4.69, 9.17) is 4.74 Å². The maximum absolute atomic E-state index is 12.6. The number of ether oxygens (including phenoxy) is 1. The Labute approximate surface area is 133 Å². The van der Waals surface area contributed by atoms with Crippen LogP contribution in [0.2, 0.25) is 0 Å². The number of aromatic amines is 1. The molecule has 1 amide bonds. The van der Waals surface area contributed by atoms with E-state index in [1.807, 2.05) is 12.1 Å². The number of nitrogens with one attached hydrogen (secondary N) is 1. The SMILES string of the molecule is CCOC(=O)C1=CCC2c3[nH]c4ccccc4c3CCN2C1=O. The van der Waals surface area contributed by atoms with E-state index >= 15 is 0 Å². The van der Waals surface area contributed by atoms with Crippen LogP contribution in [0, 0.1) is 0 Å². The first-order valence-electron chi connectivity index (χ1n) is 7.98. The second-order valence-electron chi connectivity index (χ2n) is 5.90. The van der Waals surface area contributed by atoms with Crippen molar-refractivity contribution >= 4 is 22.8 Å². The number of para-hydroxylation sites is 1. The summed E-state index contributed by atoms with van der Waals surface area (Å²) < 4.78 is 4.99. The minimum atomic E-state index is -0.515. The van der Waals surface area contributed by atoms with Crippen molar-refractivity contribution in [3.8, 4) is 0 Å². The smallest absolute Gasteiger partial charge is 0.343 e. The number of hydrogen-bond donors (Lipinski definition) is 1. The van der Waals surface area contributed by atoms with Crippen LogP contribution in [-0.2, 0) is 20.7 Å². The molecule has 0 fully saturated rings. The fraction of sp³-hybridized carbons (Fsp3) is 0.333. The normalized spacial score (nSPS) is 20.0. The summed E-state index contributed by atoms with van der Waals surface area (Å²) in [5.41, 5.74) is 3.67. The Bertz CT molecular complexity index is 834. The zero-order valence-electron chi connectivity index (χ0n) is 13.0. The standard InChI is InChI=1S/C18H18N2O3/c1-2-23-18(22)13-7-8-15-16-12(9-10-20(15)17(13)21)11-5-3-4-6-14(11)19-16/h3-7,15,19H,2,8-10H2,1H3. The van der Waals surface area contributed by atoms with E-state index in [-0.39, 0.29) is 24.1 Å². The molecule has 5 nitrogen and oxygen atoms in total. The molecule has 1 aromatic carbocycles. The lowest BCUT2D eigenvalue weighted by Crippen LogP contribution is -2.44. The number of rotatable bonds is 2. The zero-order chi connectivity index (χ0) is 16.0. The molecule has 0 radical (unpaired) electrons. The molecule has 1 atom stereocenters. The van der Waals surface area contributed by atoms with Gasteiger partial charge in [0.15, 0.2) is 0 Å². The first-order chi connectivity index (χ1) is 11.2. The fourth-order valence-corrected chi connectivity index (χ4v) is 3.66. The van der Waals surface area contributed by atoms with E-state index < -0.39 is 5.97 Å². The number of amides is 1. The summed E-state index contributed by atoms with van der Waals surface area (Å²) in [5, 5.41) is 1.23. The van der Waals surface area contributed by atoms with E-state index in [0.29, 0.717) is 13.0 Å². The van der Waals surface area contributed by atoms with Gasteiger partial charge in [-0.25, -0.2) is 4.79 Å². The molecule has 1 N–H and O–H groups in total. The summed E-state index contributed by atoms with van der Waals surface area (Å²) in [7, 11) is 0. The maximum Gasteiger partial charge on any atom is 0.343 e. The van der Waals surface area contributed by atoms with Gasteiger partial charge in [-0.2, -0.15) is 0 Å². The van der Waals surface area contributed by atoms with Gasteiger partial charge in [-0.3, -0.25) is 4.79 Å². The number of benzene rings is 1. The van der Waals surface area contributed by atoms with E-state index in [1.54, 1.807) is 17.9 Å². The Balaban J connectivity index is 1.74. The van der Waals surface area contributed by atoms with Crippen molar-refractivity contribution in [2.75, 3.05) is 13.2 Å². The molecule has 2 aliphatic rings. The molecule has 118 valence electrons. The number of aromatic nitrogens is 1. The van der Waals surface area contributed by atoms with Crippen molar-refractivity contribution in [1.82, 2.24) is 9.88 Å². The highest BCUT2D eigenvalue weighted by molar-refractivity contribution is 6.17. The van der Waals surface area contributed by atoms with Gasteiger partial charge < -0.3 is 14.6 Å². The molecule has 4 rings (SSSR count). The summed E-state index contributed by atoms with van der Waals surface area (Å²) in [6.45, 7) is 2.65. The van der Waals surface area contributed by atoms with Crippen molar-refractivity contribution in [2.45, 2.75) is 25.8 Å². The van der Waals surface area contributed by atoms with Gasteiger partial charge in [0.2, 0.25) is 0 Å². The highest BCUT2D eigenvalue weighted by atomic mass is 16.5. The van der Waals surface area contributed by atoms with Gasteiger partial charge in [-0.05, 0) is 31.4 Å². The molecule has 2 aliphatic heterocycles. The molecule has 2 aromatic rings. The molecule has 0 aliphatic carbocycles. The summed E-state index contributed by atoms with van der Waals surface area (Å²) in [6, 6.07) is 8.20. The van der Waals surface area contributed by atoms with Gasteiger partial charge in [0.1, 0.15) is 5.57 Å². The van der Waals surface area contributed by atoms with Crippen LogP contribution in [-0.4, -0.2) is 34.9 Å². The molecule has 0 bridgehead atoms. The molecular weight excluding hydrogens is 292 g/mol. The number of carbonyl (C=O) groups is 2. The third kappa shape index (κ3) is 2.07. The van der Waals surface area contributed by atoms with Crippen molar-refractivity contribution in [3.63, 3.8) is 0 Å². The molecule has 0 saturated heterocycles. The second kappa shape index (κ2) is 5.26. The maximum atomic E-state index is 12.6. The van der Waals surface area contributed by atoms with E-state index in [9.17, 15) is 9.59 Å². The molecule has 5 heteroatoms. The first-order valence-corrected chi connectivity index (χ1v) is 7.98. The van der Waals surface area contributed by atoms with Crippen LogP contribution in [0.15, 0.2) is 35.9 Å². The van der Waals surface area contributed by atoms with Crippen LogP contribution in [0.5, 0.6) is 0 Å².